The molecule has 0 aliphatic rings. The lowest BCUT2D eigenvalue weighted by Gasteiger charge is -2.04. The smallest absolute Gasteiger partial charge is 0.227 e. The second-order valence-corrected chi connectivity index (χ2v) is 3.35. The van der Waals surface area contributed by atoms with Crippen molar-refractivity contribution in [3.05, 3.63) is 35.9 Å². The van der Waals surface area contributed by atoms with Crippen LogP contribution in [0.2, 0.25) is 0 Å². The van der Waals surface area contributed by atoms with Crippen LogP contribution in [0.25, 0.3) is 0 Å². The topological polar surface area (TPSA) is 87.7 Å². The standard InChI is InChI=1S/C11H15N3O2/c12-10(14-16)8-11(15)13-7-6-9-4-2-1-3-5-9/h1-5,16H,6-8H2,(H2,12,14)(H,13,15). The first kappa shape index (κ1) is 12.0. The molecule has 16 heavy (non-hydrogen) atoms. The van der Waals surface area contributed by atoms with Crippen LogP contribution in [-0.4, -0.2) is 23.5 Å². The Balaban J connectivity index is 2.23. The van der Waals surface area contributed by atoms with Crippen molar-refractivity contribution < 1.29 is 10.0 Å². The molecule has 86 valence electrons. The average molecular weight is 221 g/mol. The molecular formula is C11H15N3O2. The van der Waals surface area contributed by atoms with Crippen LogP contribution in [0.15, 0.2) is 35.5 Å². The van der Waals surface area contributed by atoms with E-state index < -0.39 is 0 Å². The van der Waals surface area contributed by atoms with Crippen LogP contribution < -0.4 is 11.1 Å². The molecule has 0 radical (unpaired) electrons. The van der Waals surface area contributed by atoms with Crippen molar-refractivity contribution in [1.82, 2.24) is 5.32 Å². The van der Waals surface area contributed by atoms with E-state index in [-0.39, 0.29) is 18.2 Å². The number of hydrogen-bond acceptors (Lipinski definition) is 3. The van der Waals surface area contributed by atoms with Crippen LogP contribution in [-0.2, 0) is 11.2 Å². The van der Waals surface area contributed by atoms with Gasteiger partial charge in [-0.1, -0.05) is 35.5 Å². The summed E-state index contributed by atoms with van der Waals surface area (Å²) in [6, 6.07) is 9.84. The minimum Gasteiger partial charge on any atom is -0.409 e. The van der Waals surface area contributed by atoms with Gasteiger partial charge in [0.15, 0.2) is 0 Å². The number of amidine groups is 1. The van der Waals surface area contributed by atoms with E-state index in [0.717, 1.165) is 12.0 Å². The third-order valence-electron chi connectivity index (χ3n) is 2.05. The molecule has 1 aromatic carbocycles. The molecule has 4 N–H and O–H groups in total. The normalized spacial score (nSPS) is 11.1. The highest BCUT2D eigenvalue weighted by Gasteiger charge is 2.03. The van der Waals surface area contributed by atoms with Crippen LogP contribution >= 0.6 is 0 Å². The summed E-state index contributed by atoms with van der Waals surface area (Å²) in [6.07, 6.45) is 0.689. The highest BCUT2D eigenvalue weighted by atomic mass is 16.4. The van der Waals surface area contributed by atoms with Gasteiger partial charge in [0, 0.05) is 6.54 Å². The Labute approximate surface area is 94.0 Å². The van der Waals surface area contributed by atoms with Gasteiger partial charge in [-0.05, 0) is 12.0 Å². The van der Waals surface area contributed by atoms with E-state index in [0.29, 0.717) is 6.54 Å². The van der Waals surface area contributed by atoms with Crippen molar-refractivity contribution >= 4 is 11.7 Å². The molecule has 0 aliphatic carbocycles. The lowest BCUT2D eigenvalue weighted by atomic mass is 10.1. The molecule has 0 atom stereocenters. The molecule has 0 spiro atoms. The second kappa shape index (κ2) is 6.44. The number of nitrogens with zero attached hydrogens (tertiary/aromatic N) is 1. The number of amides is 1. The van der Waals surface area contributed by atoms with Crippen LogP contribution in [0, 0.1) is 0 Å². The molecule has 0 aromatic heterocycles. The van der Waals surface area contributed by atoms with E-state index in [1.165, 1.54) is 0 Å². The summed E-state index contributed by atoms with van der Waals surface area (Å²) in [5.41, 5.74) is 6.35. The van der Waals surface area contributed by atoms with Crippen molar-refractivity contribution in [3.8, 4) is 0 Å². The van der Waals surface area contributed by atoms with Gasteiger partial charge in [-0.25, -0.2) is 0 Å². The first-order valence-corrected chi connectivity index (χ1v) is 4.99. The van der Waals surface area contributed by atoms with Crippen molar-refractivity contribution in [2.75, 3.05) is 6.54 Å². The number of benzene rings is 1. The molecular weight excluding hydrogens is 206 g/mol. The summed E-state index contributed by atoms with van der Waals surface area (Å²) in [7, 11) is 0. The summed E-state index contributed by atoms with van der Waals surface area (Å²) in [6.45, 7) is 0.543. The third kappa shape index (κ3) is 4.45. The van der Waals surface area contributed by atoms with E-state index in [4.69, 9.17) is 10.9 Å². The van der Waals surface area contributed by atoms with Crippen molar-refractivity contribution in [1.29, 1.82) is 0 Å². The Kier molecular flexibility index (Phi) is 4.85. The molecule has 0 heterocycles. The Bertz CT molecular complexity index is 363. The average Bonchev–Trinajstić information content (AvgIpc) is 2.30. The summed E-state index contributed by atoms with van der Waals surface area (Å²) in [4.78, 5) is 11.2. The van der Waals surface area contributed by atoms with Crippen molar-refractivity contribution in [2.45, 2.75) is 12.8 Å². The highest BCUT2D eigenvalue weighted by molar-refractivity contribution is 5.98. The monoisotopic (exact) mass is 221 g/mol. The number of hydrogen-bond donors (Lipinski definition) is 3. The van der Waals surface area contributed by atoms with Gasteiger partial charge in [0.1, 0.15) is 5.84 Å². The van der Waals surface area contributed by atoms with Gasteiger partial charge in [0.05, 0.1) is 6.42 Å². The molecule has 1 aromatic rings. The molecule has 0 unspecified atom stereocenters. The predicted molar refractivity (Wildman–Crippen MR) is 61.2 cm³/mol. The van der Waals surface area contributed by atoms with Gasteiger partial charge >= 0.3 is 0 Å². The van der Waals surface area contributed by atoms with Crippen molar-refractivity contribution in [3.63, 3.8) is 0 Å². The SMILES string of the molecule is N/C(CC(=O)NCCc1ccccc1)=N\O. The fraction of sp³-hybridized carbons (Fsp3) is 0.273. The Hall–Kier alpha value is -2.04. The zero-order chi connectivity index (χ0) is 11.8. The first-order chi connectivity index (χ1) is 7.72. The minimum atomic E-state index is -0.244. The van der Waals surface area contributed by atoms with Crippen LogP contribution in [0.1, 0.15) is 12.0 Å². The number of carbonyl (C=O) groups excluding carboxylic acids is 1. The van der Waals surface area contributed by atoms with Gasteiger partial charge in [0.2, 0.25) is 5.91 Å². The molecule has 0 aliphatic heterocycles. The maximum absolute atomic E-state index is 11.2. The van der Waals surface area contributed by atoms with Crippen molar-refractivity contribution in [2.24, 2.45) is 10.9 Å². The maximum Gasteiger partial charge on any atom is 0.227 e. The number of oxime groups is 1. The fourth-order valence-electron chi connectivity index (χ4n) is 1.25. The zero-order valence-electron chi connectivity index (χ0n) is 8.89. The number of rotatable bonds is 5. The zero-order valence-corrected chi connectivity index (χ0v) is 8.89. The largest absolute Gasteiger partial charge is 0.409 e. The lowest BCUT2D eigenvalue weighted by molar-refractivity contribution is -0.119. The van der Waals surface area contributed by atoms with E-state index in [1.54, 1.807) is 0 Å². The number of nitrogens with one attached hydrogen (secondary N) is 1. The highest BCUT2D eigenvalue weighted by Crippen LogP contribution is 1.98. The summed E-state index contributed by atoms with van der Waals surface area (Å²) >= 11 is 0. The van der Waals surface area contributed by atoms with Gasteiger partial charge < -0.3 is 16.3 Å². The fourth-order valence-corrected chi connectivity index (χ4v) is 1.25. The van der Waals surface area contributed by atoms with E-state index in [2.05, 4.69) is 10.5 Å². The number of nitrogens with two attached hydrogens (primary N) is 1. The Morgan fingerprint density at radius 2 is 2.06 bits per heavy atom. The maximum atomic E-state index is 11.2. The van der Waals surface area contributed by atoms with Crippen LogP contribution in [0.3, 0.4) is 0 Å². The van der Waals surface area contributed by atoms with E-state index in [1.807, 2.05) is 30.3 Å². The second-order valence-electron chi connectivity index (χ2n) is 3.35. The third-order valence-corrected chi connectivity index (χ3v) is 2.05. The molecule has 5 nitrogen and oxygen atoms in total. The van der Waals surface area contributed by atoms with Gasteiger partial charge in [-0.3, -0.25) is 4.79 Å². The van der Waals surface area contributed by atoms with E-state index in [9.17, 15) is 4.79 Å². The molecule has 1 rings (SSSR count). The lowest BCUT2D eigenvalue weighted by Crippen LogP contribution is -2.30. The summed E-state index contributed by atoms with van der Waals surface area (Å²) < 4.78 is 0. The van der Waals surface area contributed by atoms with Gasteiger partial charge in [-0.15, -0.1) is 0 Å². The first-order valence-electron chi connectivity index (χ1n) is 4.99. The summed E-state index contributed by atoms with van der Waals surface area (Å²) in [5.74, 6) is -0.330. The summed E-state index contributed by atoms with van der Waals surface area (Å²) in [5, 5.41) is 13.7. The molecule has 0 bridgehead atoms. The minimum absolute atomic E-state index is 0.0781. The van der Waals surface area contributed by atoms with Gasteiger partial charge in [-0.2, -0.15) is 0 Å². The Morgan fingerprint density at radius 1 is 1.38 bits per heavy atom. The quantitative estimate of drug-likeness (QED) is 0.292. The molecule has 0 saturated carbocycles. The number of carbonyl (C=O) groups is 1. The predicted octanol–water partition coefficient (Wildman–Crippen LogP) is 0.482. The molecule has 5 heteroatoms. The van der Waals surface area contributed by atoms with Crippen LogP contribution in [0.5, 0.6) is 0 Å². The molecule has 1 amide bonds. The molecule has 0 saturated heterocycles. The molecule has 0 fully saturated rings. The van der Waals surface area contributed by atoms with Gasteiger partial charge in [0.25, 0.3) is 0 Å². The Morgan fingerprint density at radius 3 is 2.69 bits per heavy atom. The van der Waals surface area contributed by atoms with E-state index >= 15 is 0 Å². The van der Waals surface area contributed by atoms with Crippen LogP contribution in [0.4, 0.5) is 0 Å².